The Bertz CT molecular complexity index is 1580. The lowest BCUT2D eigenvalue weighted by Gasteiger charge is -2.15. The Balaban J connectivity index is 1.62. The van der Waals surface area contributed by atoms with Gasteiger partial charge in [0.1, 0.15) is 5.82 Å². The number of methoxy groups -OCH3 is 2. The predicted octanol–water partition coefficient (Wildman–Crippen LogP) is 5.85. The first-order valence-electron chi connectivity index (χ1n) is 11.9. The first kappa shape index (κ1) is 28.1. The van der Waals surface area contributed by atoms with Crippen LogP contribution in [0.5, 0.6) is 17.2 Å². The molecule has 0 bridgehead atoms. The average molecular weight is 614 g/mol. The Morgan fingerprint density at radius 3 is 2.38 bits per heavy atom. The molecule has 1 amide bonds. The molecule has 9 nitrogen and oxygen atoms in total. The van der Waals surface area contributed by atoms with E-state index in [0.717, 1.165) is 4.47 Å². The molecule has 0 spiro atoms. The molecule has 202 valence electrons. The highest BCUT2D eigenvalue weighted by Gasteiger charge is 2.17. The highest BCUT2D eigenvalue weighted by atomic mass is 79.9. The number of fused-ring (bicyclic) bond motifs is 1. The molecule has 0 fully saturated rings. The Kier molecular flexibility index (Phi) is 8.88. The summed E-state index contributed by atoms with van der Waals surface area (Å²) >= 11 is 9.30. The second kappa shape index (κ2) is 12.3. The van der Waals surface area contributed by atoms with E-state index in [1.807, 2.05) is 19.9 Å². The van der Waals surface area contributed by atoms with Crippen molar-refractivity contribution in [3.05, 3.63) is 85.8 Å². The van der Waals surface area contributed by atoms with Crippen LogP contribution in [0.3, 0.4) is 0 Å². The van der Waals surface area contributed by atoms with E-state index in [2.05, 4.69) is 31.3 Å². The summed E-state index contributed by atoms with van der Waals surface area (Å²) in [5, 5.41) is 8.21. The zero-order valence-electron chi connectivity index (χ0n) is 21.7. The van der Waals surface area contributed by atoms with Crippen LogP contribution in [-0.4, -0.2) is 42.6 Å². The fraction of sp³-hybridized carbons (Fsp3) is 0.214. The molecule has 1 heterocycles. The molecule has 39 heavy (non-hydrogen) atoms. The number of carbonyl (C=O) groups is 1. The molecule has 0 aliphatic carbocycles. The van der Waals surface area contributed by atoms with Gasteiger partial charge in [0.05, 0.1) is 31.3 Å². The number of nitrogens with zero attached hydrogens (tertiary/aromatic N) is 3. The molecule has 0 unspecified atom stereocenters. The maximum Gasteiger partial charge on any atom is 0.282 e. The van der Waals surface area contributed by atoms with E-state index in [0.29, 0.717) is 44.5 Å². The van der Waals surface area contributed by atoms with Gasteiger partial charge in [0, 0.05) is 26.7 Å². The molecule has 0 radical (unpaired) electrons. The SMILES string of the molecule is COc1cc(C=Nn2c(C(C)C)nc3ccc(Br)cc3c2=O)cc(OC)c1OCC(=O)Nc1ccc(Cl)cc1. The van der Waals surface area contributed by atoms with Gasteiger partial charge in [-0.3, -0.25) is 9.59 Å². The molecular formula is C28H26BrClN4O5. The molecule has 4 aromatic rings. The van der Waals surface area contributed by atoms with E-state index in [1.165, 1.54) is 25.1 Å². The molecule has 0 aliphatic rings. The van der Waals surface area contributed by atoms with E-state index in [1.54, 1.807) is 48.5 Å². The number of hydrogen-bond acceptors (Lipinski definition) is 7. The number of aromatic nitrogens is 2. The summed E-state index contributed by atoms with van der Waals surface area (Å²) in [6.07, 6.45) is 1.51. The van der Waals surface area contributed by atoms with Crippen molar-refractivity contribution in [2.24, 2.45) is 5.10 Å². The molecule has 11 heteroatoms. The topological polar surface area (TPSA) is 104 Å². The minimum atomic E-state index is -0.372. The van der Waals surface area contributed by atoms with E-state index >= 15 is 0 Å². The smallest absolute Gasteiger partial charge is 0.282 e. The Labute approximate surface area is 238 Å². The van der Waals surface area contributed by atoms with Crippen LogP contribution in [0.4, 0.5) is 5.69 Å². The second-order valence-corrected chi connectivity index (χ2v) is 10.1. The summed E-state index contributed by atoms with van der Waals surface area (Å²) in [6.45, 7) is 3.60. The van der Waals surface area contributed by atoms with Crippen molar-refractivity contribution in [2.45, 2.75) is 19.8 Å². The number of nitrogens with one attached hydrogen (secondary N) is 1. The van der Waals surface area contributed by atoms with Crippen LogP contribution in [0.25, 0.3) is 10.9 Å². The maximum absolute atomic E-state index is 13.3. The van der Waals surface area contributed by atoms with Crippen LogP contribution in [0.15, 0.2) is 69.0 Å². The van der Waals surface area contributed by atoms with Gasteiger partial charge >= 0.3 is 0 Å². The second-order valence-electron chi connectivity index (χ2n) is 8.75. The van der Waals surface area contributed by atoms with Crippen molar-refractivity contribution in [1.29, 1.82) is 0 Å². The highest BCUT2D eigenvalue weighted by Crippen LogP contribution is 2.38. The number of hydrogen-bond donors (Lipinski definition) is 1. The number of amides is 1. The molecule has 4 rings (SSSR count). The van der Waals surface area contributed by atoms with Gasteiger partial charge < -0.3 is 19.5 Å². The van der Waals surface area contributed by atoms with Gasteiger partial charge in [0.25, 0.3) is 11.5 Å². The number of anilines is 1. The zero-order valence-corrected chi connectivity index (χ0v) is 24.0. The first-order chi connectivity index (χ1) is 18.7. The molecule has 0 atom stereocenters. The zero-order chi connectivity index (χ0) is 28.1. The highest BCUT2D eigenvalue weighted by molar-refractivity contribution is 9.10. The normalized spacial score (nSPS) is 11.3. The van der Waals surface area contributed by atoms with E-state index in [-0.39, 0.29) is 29.7 Å². The number of halogens is 2. The summed E-state index contributed by atoms with van der Waals surface area (Å²) in [6, 6.07) is 15.4. The van der Waals surface area contributed by atoms with Gasteiger partial charge in [-0.25, -0.2) is 4.98 Å². The van der Waals surface area contributed by atoms with Crippen molar-refractivity contribution in [1.82, 2.24) is 9.66 Å². The number of rotatable bonds is 9. The van der Waals surface area contributed by atoms with Crippen LogP contribution in [-0.2, 0) is 4.79 Å². The number of benzene rings is 3. The van der Waals surface area contributed by atoms with E-state index < -0.39 is 0 Å². The third-order valence-corrected chi connectivity index (χ3v) is 6.38. The summed E-state index contributed by atoms with van der Waals surface area (Å²) in [4.78, 5) is 30.4. The van der Waals surface area contributed by atoms with Gasteiger partial charge in [0.15, 0.2) is 18.1 Å². The van der Waals surface area contributed by atoms with Crippen LogP contribution in [0, 0.1) is 0 Å². The quantitative estimate of drug-likeness (QED) is 0.238. The molecular weight excluding hydrogens is 588 g/mol. The average Bonchev–Trinajstić information content (AvgIpc) is 2.92. The minimum absolute atomic E-state index is 0.0539. The first-order valence-corrected chi connectivity index (χ1v) is 13.1. The third kappa shape index (κ3) is 6.58. The van der Waals surface area contributed by atoms with Crippen molar-refractivity contribution >= 4 is 56.2 Å². The van der Waals surface area contributed by atoms with Gasteiger partial charge in [0.2, 0.25) is 5.75 Å². The van der Waals surface area contributed by atoms with Crippen LogP contribution >= 0.6 is 27.5 Å². The van der Waals surface area contributed by atoms with Crippen LogP contribution in [0.2, 0.25) is 5.02 Å². The van der Waals surface area contributed by atoms with Crippen LogP contribution < -0.4 is 25.1 Å². The van der Waals surface area contributed by atoms with Crippen molar-refractivity contribution in [2.75, 3.05) is 26.1 Å². The van der Waals surface area contributed by atoms with Crippen molar-refractivity contribution < 1.29 is 19.0 Å². The predicted molar refractivity (Wildman–Crippen MR) is 156 cm³/mol. The lowest BCUT2D eigenvalue weighted by molar-refractivity contribution is -0.118. The lowest BCUT2D eigenvalue weighted by atomic mass is 10.2. The van der Waals surface area contributed by atoms with Gasteiger partial charge in [-0.2, -0.15) is 9.78 Å². The standard InChI is InChI=1S/C28H26BrClN4O5/c1-16(2)27-33-22-10-5-18(29)13-21(22)28(36)34(27)31-14-17-11-23(37-3)26(24(12-17)38-4)39-15-25(35)32-20-8-6-19(30)7-9-20/h5-14,16H,15H2,1-4H3,(H,32,35). The monoisotopic (exact) mass is 612 g/mol. The molecule has 1 aromatic heterocycles. The fourth-order valence-corrected chi connectivity index (χ4v) is 4.25. The summed E-state index contributed by atoms with van der Waals surface area (Å²) in [7, 11) is 2.95. The minimum Gasteiger partial charge on any atom is -0.493 e. The van der Waals surface area contributed by atoms with Gasteiger partial charge in [-0.15, -0.1) is 0 Å². The largest absolute Gasteiger partial charge is 0.493 e. The summed E-state index contributed by atoms with van der Waals surface area (Å²) in [5.74, 6) is 1.00. The number of ether oxygens (including phenoxy) is 3. The summed E-state index contributed by atoms with van der Waals surface area (Å²) in [5.41, 5.74) is 1.48. The molecule has 0 saturated heterocycles. The van der Waals surface area contributed by atoms with Gasteiger partial charge in [-0.1, -0.05) is 41.4 Å². The van der Waals surface area contributed by atoms with E-state index in [9.17, 15) is 9.59 Å². The molecule has 0 saturated carbocycles. The fourth-order valence-electron chi connectivity index (χ4n) is 3.76. The Morgan fingerprint density at radius 2 is 1.77 bits per heavy atom. The lowest BCUT2D eigenvalue weighted by Crippen LogP contribution is -2.23. The molecule has 1 N–H and O–H groups in total. The van der Waals surface area contributed by atoms with Crippen molar-refractivity contribution in [3.8, 4) is 17.2 Å². The Hall–Kier alpha value is -3.89. The number of carbonyl (C=O) groups excluding carboxylic acids is 1. The maximum atomic E-state index is 13.3. The Morgan fingerprint density at radius 1 is 1.10 bits per heavy atom. The van der Waals surface area contributed by atoms with Crippen LogP contribution in [0.1, 0.15) is 31.2 Å². The van der Waals surface area contributed by atoms with E-state index in [4.69, 9.17) is 25.8 Å². The van der Waals surface area contributed by atoms with Crippen molar-refractivity contribution in [3.63, 3.8) is 0 Å². The molecule has 3 aromatic carbocycles. The van der Waals surface area contributed by atoms with Gasteiger partial charge in [-0.05, 0) is 54.6 Å². The summed E-state index contributed by atoms with van der Waals surface area (Å²) < 4.78 is 18.8. The molecule has 0 aliphatic heterocycles. The third-order valence-electron chi connectivity index (χ3n) is 5.63.